The lowest BCUT2D eigenvalue weighted by molar-refractivity contribution is 0.351. The minimum atomic E-state index is -2.88. The van der Waals surface area contributed by atoms with E-state index in [4.69, 9.17) is 16.3 Å². The molecule has 1 atom stereocenters. The Bertz CT molecular complexity index is 615. The van der Waals surface area contributed by atoms with Crippen molar-refractivity contribution in [2.45, 2.75) is 31.8 Å². The average Bonchev–Trinajstić information content (AvgIpc) is 2.82. The van der Waals surface area contributed by atoms with Crippen molar-refractivity contribution >= 4 is 21.4 Å². The second kappa shape index (κ2) is 5.54. The van der Waals surface area contributed by atoms with Crippen LogP contribution in [0.15, 0.2) is 12.1 Å². The van der Waals surface area contributed by atoms with Crippen LogP contribution in [0.1, 0.15) is 24.0 Å². The van der Waals surface area contributed by atoms with E-state index < -0.39 is 9.84 Å². The highest BCUT2D eigenvalue weighted by molar-refractivity contribution is 7.91. The van der Waals surface area contributed by atoms with Crippen LogP contribution in [-0.2, 0) is 22.8 Å². The van der Waals surface area contributed by atoms with Crippen LogP contribution in [0.2, 0.25) is 5.02 Å². The summed E-state index contributed by atoms with van der Waals surface area (Å²) in [6.07, 6.45) is 2.54. The zero-order valence-corrected chi connectivity index (χ0v) is 12.8. The van der Waals surface area contributed by atoms with Crippen LogP contribution in [0.4, 0.5) is 0 Å². The van der Waals surface area contributed by atoms with Crippen LogP contribution in [-0.4, -0.2) is 32.6 Å². The molecule has 0 unspecified atom stereocenters. The Kier molecular flexibility index (Phi) is 3.93. The van der Waals surface area contributed by atoms with Gasteiger partial charge in [0.05, 0.1) is 18.1 Å². The zero-order valence-electron chi connectivity index (χ0n) is 11.2. The molecule has 0 radical (unpaired) electrons. The van der Waals surface area contributed by atoms with Gasteiger partial charge in [0, 0.05) is 29.6 Å². The minimum absolute atomic E-state index is 0.0322. The maximum Gasteiger partial charge on any atom is 0.151 e. The molecule has 4 nitrogen and oxygen atoms in total. The third kappa shape index (κ3) is 3.10. The number of benzene rings is 1. The Morgan fingerprint density at radius 3 is 3.05 bits per heavy atom. The fourth-order valence-electron chi connectivity index (χ4n) is 2.92. The molecule has 0 spiro atoms. The van der Waals surface area contributed by atoms with Crippen molar-refractivity contribution in [1.29, 1.82) is 0 Å². The fourth-order valence-corrected chi connectivity index (χ4v) is 4.85. The highest BCUT2D eigenvalue weighted by Crippen LogP contribution is 2.32. The molecule has 1 fully saturated rings. The Hall–Kier alpha value is -0.780. The summed E-state index contributed by atoms with van der Waals surface area (Å²) in [5.41, 5.74) is 2.17. The summed E-state index contributed by atoms with van der Waals surface area (Å²) in [5.74, 6) is 1.47. The van der Waals surface area contributed by atoms with Crippen LogP contribution < -0.4 is 10.1 Å². The first kappa shape index (κ1) is 14.2. The van der Waals surface area contributed by atoms with Crippen molar-refractivity contribution in [3.05, 3.63) is 28.3 Å². The highest BCUT2D eigenvalue weighted by atomic mass is 35.5. The van der Waals surface area contributed by atoms with Crippen LogP contribution >= 0.6 is 11.6 Å². The van der Waals surface area contributed by atoms with Crippen molar-refractivity contribution in [3.63, 3.8) is 0 Å². The molecule has 20 heavy (non-hydrogen) atoms. The van der Waals surface area contributed by atoms with Gasteiger partial charge >= 0.3 is 0 Å². The van der Waals surface area contributed by atoms with Crippen LogP contribution in [0.25, 0.3) is 0 Å². The van der Waals surface area contributed by atoms with Gasteiger partial charge in [-0.25, -0.2) is 8.42 Å². The maximum atomic E-state index is 11.6. The monoisotopic (exact) mass is 315 g/mol. The van der Waals surface area contributed by atoms with Gasteiger partial charge in [0.15, 0.2) is 9.84 Å². The van der Waals surface area contributed by atoms with Gasteiger partial charge in [0.2, 0.25) is 0 Å². The first-order valence-electron chi connectivity index (χ1n) is 6.91. The number of halogens is 1. The summed E-state index contributed by atoms with van der Waals surface area (Å²) in [4.78, 5) is 0. The molecule has 2 aliphatic rings. The summed E-state index contributed by atoms with van der Waals surface area (Å²) < 4.78 is 28.9. The molecule has 0 saturated carbocycles. The number of hydrogen-bond acceptors (Lipinski definition) is 4. The normalized spacial score (nSPS) is 24.1. The van der Waals surface area contributed by atoms with E-state index >= 15 is 0 Å². The maximum absolute atomic E-state index is 11.6. The van der Waals surface area contributed by atoms with Gasteiger partial charge in [-0.3, -0.25) is 0 Å². The standard InChI is InChI=1S/C14H18ClNO3S/c15-12-6-10-3-4-19-14(10)11(7-12)8-16-13-2-1-5-20(17,18)9-13/h6-7,13,16H,1-5,8-9H2/t13-/m1/s1. The van der Waals surface area contributed by atoms with Gasteiger partial charge in [-0.15, -0.1) is 0 Å². The van der Waals surface area contributed by atoms with E-state index in [1.807, 2.05) is 12.1 Å². The molecule has 110 valence electrons. The van der Waals surface area contributed by atoms with E-state index in [9.17, 15) is 8.42 Å². The Labute approximate surface area is 124 Å². The van der Waals surface area contributed by atoms with Gasteiger partial charge in [0.1, 0.15) is 5.75 Å². The molecule has 0 bridgehead atoms. The molecule has 0 aliphatic carbocycles. The summed E-state index contributed by atoms with van der Waals surface area (Å²) in [5, 5.41) is 4.04. The molecule has 1 N–H and O–H groups in total. The van der Waals surface area contributed by atoms with Gasteiger partial charge < -0.3 is 10.1 Å². The zero-order chi connectivity index (χ0) is 14.2. The molecular weight excluding hydrogens is 298 g/mol. The van der Waals surface area contributed by atoms with Gasteiger partial charge in [-0.05, 0) is 30.5 Å². The smallest absolute Gasteiger partial charge is 0.151 e. The molecule has 6 heteroatoms. The van der Waals surface area contributed by atoms with E-state index in [2.05, 4.69) is 5.32 Å². The van der Waals surface area contributed by atoms with Crippen LogP contribution in [0.5, 0.6) is 5.75 Å². The number of rotatable bonds is 3. The van der Waals surface area contributed by atoms with Crippen LogP contribution in [0.3, 0.4) is 0 Å². The van der Waals surface area contributed by atoms with Crippen molar-refractivity contribution in [1.82, 2.24) is 5.32 Å². The molecule has 1 aromatic carbocycles. The van der Waals surface area contributed by atoms with E-state index in [0.29, 0.717) is 23.9 Å². The predicted molar refractivity (Wildman–Crippen MR) is 79.2 cm³/mol. The molecular formula is C14H18ClNO3S. The van der Waals surface area contributed by atoms with Crippen molar-refractivity contribution in [2.75, 3.05) is 18.1 Å². The van der Waals surface area contributed by atoms with Crippen molar-refractivity contribution in [2.24, 2.45) is 0 Å². The lowest BCUT2D eigenvalue weighted by Gasteiger charge is -2.23. The lowest BCUT2D eigenvalue weighted by Crippen LogP contribution is -2.39. The number of fused-ring (bicyclic) bond motifs is 1. The molecule has 3 rings (SSSR count). The molecule has 0 aromatic heterocycles. The third-order valence-corrected chi connectivity index (χ3v) is 5.91. The summed E-state index contributed by atoms with van der Waals surface area (Å²) >= 11 is 6.12. The average molecular weight is 316 g/mol. The second-order valence-corrected chi connectivity index (χ2v) is 8.15. The number of nitrogens with one attached hydrogen (secondary N) is 1. The van der Waals surface area contributed by atoms with Crippen molar-refractivity contribution in [3.8, 4) is 5.75 Å². The Balaban J connectivity index is 1.70. The van der Waals surface area contributed by atoms with Gasteiger partial charge in [-0.1, -0.05) is 11.6 Å². The van der Waals surface area contributed by atoms with E-state index in [1.165, 1.54) is 0 Å². The van der Waals surface area contributed by atoms with Gasteiger partial charge in [0.25, 0.3) is 0 Å². The Morgan fingerprint density at radius 1 is 1.40 bits per heavy atom. The number of hydrogen-bond donors (Lipinski definition) is 1. The van der Waals surface area contributed by atoms with E-state index in [0.717, 1.165) is 36.1 Å². The quantitative estimate of drug-likeness (QED) is 0.926. The highest BCUT2D eigenvalue weighted by Gasteiger charge is 2.25. The summed E-state index contributed by atoms with van der Waals surface area (Å²) in [6.45, 7) is 1.30. The van der Waals surface area contributed by atoms with Crippen LogP contribution in [0, 0.1) is 0 Å². The molecule has 1 aromatic rings. The van der Waals surface area contributed by atoms with Gasteiger partial charge in [-0.2, -0.15) is 0 Å². The molecule has 2 aliphatic heterocycles. The predicted octanol–water partition coefficient (Wildman–Crippen LogP) is 1.94. The van der Waals surface area contributed by atoms with E-state index in [1.54, 1.807) is 0 Å². The minimum Gasteiger partial charge on any atom is -0.493 e. The first-order chi connectivity index (χ1) is 9.53. The van der Waals surface area contributed by atoms with E-state index in [-0.39, 0.29) is 11.8 Å². The molecule has 0 amide bonds. The second-order valence-electron chi connectivity index (χ2n) is 5.49. The largest absolute Gasteiger partial charge is 0.493 e. The third-order valence-electron chi connectivity index (χ3n) is 3.87. The SMILES string of the molecule is O=S1(=O)CCC[C@@H](NCc2cc(Cl)cc3c2OCC3)C1. The topological polar surface area (TPSA) is 55.4 Å². The number of sulfone groups is 1. The number of ether oxygens (including phenoxy) is 1. The molecule has 2 heterocycles. The Morgan fingerprint density at radius 2 is 2.25 bits per heavy atom. The summed E-state index contributed by atoms with van der Waals surface area (Å²) in [7, 11) is -2.88. The lowest BCUT2D eigenvalue weighted by atomic mass is 10.1. The van der Waals surface area contributed by atoms with Crippen molar-refractivity contribution < 1.29 is 13.2 Å². The fraction of sp³-hybridized carbons (Fsp3) is 0.571. The first-order valence-corrected chi connectivity index (χ1v) is 9.11. The molecule has 1 saturated heterocycles. The summed E-state index contributed by atoms with van der Waals surface area (Å²) in [6, 6.07) is 3.87.